The van der Waals surface area contributed by atoms with E-state index in [1.165, 1.54) is 6.42 Å². The van der Waals surface area contributed by atoms with Gasteiger partial charge in [0.1, 0.15) is 17.3 Å². The fourth-order valence-electron chi connectivity index (χ4n) is 4.95. The van der Waals surface area contributed by atoms with Crippen LogP contribution in [0.2, 0.25) is 5.02 Å². The molecule has 1 aromatic carbocycles. The maximum absolute atomic E-state index is 12.4. The van der Waals surface area contributed by atoms with Crippen LogP contribution in [-0.4, -0.2) is 41.3 Å². The first kappa shape index (κ1) is 24.2. The van der Waals surface area contributed by atoms with E-state index in [0.717, 1.165) is 44.9 Å². The van der Waals surface area contributed by atoms with Gasteiger partial charge in [-0.05, 0) is 50.7 Å². The van der Waals surface area contributed by atoms with Gasteiger partial charge in [0.15, 0.2) is 0 Å². The van der Waals surface area contributed by atoms with Crippen molar-refractivity contribution in [2.24, 2.45) is 5.92 Å². The maximum atomic E-state index is 12.4. The van der Waals surface area contributed by atoms with Crippen molar-refractivity contribution < 1.29 is 14.3 Å². The number of nitriles is 1. The molecule has 1 aromatic rings. The first-order valence-corrected chi connectivity index (χ1v) is 13.3. The topological polar surface area (TPSA) is 103 Å². The molecule has 1 aliphatic heterocycles. The van der Waals surface area contributed by atoms with E-state index < -0.39 is 0 Å². The van der Waals surface area contributed by atoms with E-state index in [9.17, 15) is 9.59 Å². The summed E-state index contributed by atoms with van der Waals surface area (Å²) in [5.41, 5.74) is 0.335. The van der Waals surface area contributed by atoms with Crippen molar-refractivity contribution in [2.75, 3.05) is 5.75 Å². The van der Waals surface area contributed by atoms with Gasteiger partial charge in [0.05, 0.1) is 22.6 Å². The Labute approximate surface area is 204 Å². The molecular weight excluding hydrogens is 460 g/mol. The number of thioether (sulfide) groups is 1. The highest BCUT2D eigenvalue weighted by Crippen LogP contribution is 2.29. The zero-order chi connectivity index (χ0) is 23.2. The molecule has 0 spiro atoms. The van der Waals surface area contributed by atoms with Crippen LogP contribution in [0.25, 0.3) is 0 Å². The molecule has 3 aliphatic rings. The van der Waals surface area contributed by atoms with Crippen LogP contribution >= 0.6 is 23.4 Å². The molecule has 4 rings (SSSR count). The normalized spacial score (nSPS) is 29.3. The second-order valence-electron chi connectivity index (χ2n) is 9.09. The number of nitrogens with one attached hydrogen (secondary N) is 3. The second kappa shape index (κ2) is 11.5. The van der Waals surface area contributed by atoms with Crippen LogP contribution in [0.4, 0.5) is 0 Å². The van der Waals surface area contributed by atoms with Crippen LogP contribution in [-0.2, 0) is 9.59 Å². The first-order chi connectivity index (χ1) is 16.0. The molecule has 0 radical (unpaired) electrons. The van der Waals surface area contributed by atoms with Gasteiger partial charge < -0.3 is 15.4 Å². The Morgan fingerprint density at radius 2 is 2.00 bits per heavy atom. The highest BCUT2D eigenvalue weighted by atomic mass is 35.5. The number of hydrogen-bond donors (Lipinski definition) is 3. The third-order valence-electron chi connectivity index (χ3n) is 6.76. The monoisotopic (exact) mass is 490 g/mol. The molecule has 3 atom stereocenters. The quantitative estimate of drug-likeness (QED) is 0.538. The van der Waals surface area contributed by atoms with Gasteiger partial charge in [-0.15, -0.1) is 11.8 Å². The zero-order valence-electron chi connectivity index (χ0n) is 18.6. The summed E-state index contributed by atoms with van der Waals surface area (Å²) in [6.07, 6.45) is 8.32. The molecule has 2 saturated carbocycles. The Hall–Kier alpha value is -1.95. The summed E-state index contributed by atoms with van der Waals surface area (Å²) < 4.78 is 6.02. The molecule has 3 N–H and O–H groups in total. The SMILES string of the molecule is N#Cc1ccc(OC2CCC(NC(=O)CCSC3NC(=O)C4CCCCC4N3)CC2)cc1Cl. The average molecular weight is 491 g/mol. The Kier molecular flexibility index (Phi) is 8.39. The molecule has 0 aromatic heterocycles. The van der Waals surface area contributed by atoms with Crippen molar-refractivity contribution in [3.8, 4) is 11.8 Å². The molecule has 7 nitrogen and oxygen atoms in total. The summed E-state index contributed by atoms with van der Waals surface area (Å²) in [6.45, 7) is 0. The van der Waals surface area contributed by atoms with E-state index in [1.54, 1.807) is 30.0 Å². The van der Waals surface area contributed by atoms with E-state index in [0.29, 0.717) is 28.5 Å². The molecule has 2 amide bonds. The molecule has 178 valence electrons. The number of carbonyl (C=O) groups excluding carboxylic acids is 2. The van der Waals surface area contributed by atoms with Crippen molar-refractivity contribution in [3.63, 3.8) is 0 Å². The average Bonchev–Trinajstić information content (AvgIpc) is 2.81. The summed E-state index contributed by atoms with van der Waals surface area (Å²) in [4.78, 5) is 24.7. The minimum Gasteiger partial charge on any atom is -0.490 e. The Morgan fingerprint density at radius 1 is 1.21 bits per heavy atom. The van der Waals surface area contributed by atoms with Gasteiger partial charge in [0, 0.05) is 30.3 Å². The van der Waals surface area contributed by atoms with Gasteiger partial charge >= 0.3 is 0 Å². The minimum absolute atomic E-state index is 0.0587. The molecule has 2 aliphatic carbocycles. The van der Waals surface area contributed by atoms with Crippen molar-refractivity contribution >= 4 is 35.2 Å². The summed E-state index contributed by atoms with van der Waals surface area (Å²) in [5, 5.41) is 19.1. The fraction of sp³-hybridized carbons (Fsp3) is 0.625. The van der Waals surface area contributed by atoms with Gasteiger partial charge in [-0.25, -0.2) is 0 Å². The van der Waals surface area contributed by atoms with Crippen molar-refractivity contribution in [1.29, 1.82) is 5.26 Å². The number of benzene rings is 1. The highest BCUT2D eigenvalue weighted by Gasteiger charge is 2.37. The van der Waals surface area contributed by atoms with Crippen molar-refractivity contribution in [3.05, 3.63) is 28.8 Å². The lowest BCUT2D eigenvalue weighted by atomic mass is 9.83. The number of nitrogens with zero attached hydrogens (tertiary/aromatic N) is 1. The van der Waals surface area contributed by atoms with E-state index in [-0.39, 0.29) is 41.4 Å². The first-order valence-electron chi connectivity index (χ1n) is 11.9. The predicted octanol–water partition coefficient (Wildman–Crippen LogP) is 3.70. The molecule has 33 heavy (non-hydrogen) atoms. The van der Waals surface area contributed by atoms with Gasteiger partial charge in [0.2, 0.25) is 11.8 Å². The van der Waals surface area contributed by atoms with Crippen molar-refractivity contribution in [1.82, 2.24) is 16.0 Å². The van der Waals surface area contributed by atoms with Gasteiger partial charge in [0.25, 0.3) is 0 Å². The summed E-state index contributed by atoms with van der Waals surface area (Å²) in [7, 11) is 0. The van der Waals surface area contributed by atoms with Gasteiger partial charge in [-0.3, -0.25) is 14.9 Å². The number of amides is 2. The molecule has 3 unspecified atom stereocenters. The molecular formula is C24H31ClN4O3S. The van der Waals surface area contributed by atoms with Crippen LogP contribution in [0.3, 0.4) is 0 Å². The zero-order valence-corrected chi connectivity index (χ0v) is 20.2. The third kappa shape index (κ3) is 6.56. The lowest BCUT2D eigenvalue weighted by Gasteiger charge is -2.39. The van der Waals surface area contributed by atoms with Crippen LogP contribution in [0.15, 0.2) is 18.2 Å². The Bertz CT molecular complexity index is 900. The smallest absolute Gasteiger partial charge is 0.226 e. The lowest BCUT2D eigenvalue weighted by Crippen LogP contribution is -2.60. The van der Waals surface area contributed by atoms with E-state index in [1.807, 2.05) is 6.07 Å². The molecule has 1 saturated heterocycles. The largest absolute Gasteiger partial charge is 0.490 e. The Balaban J connectivity index is 1.12. The summed E-state index contributed by atoms with van der Waals surface area (Å²) in [5.74, 6) is 1.66. The second-order valence-corrected chi connectivity index (χ2v) is 10.7. The van der Waals surface area contributed by atoms with E-state index >= 15 is 0 Å². The number of halogens is 1. The fourth-order valence-corrected chi connectivity index (χ4v) is 6.18. The minimum atomic E-state index is -0.104. The van der Waals surface area contributed by atoms with E-state index in [4.69, 9.17) is 21.6 Å². The van der Waals surface area contributed by atoms with E-state index in [2.05, 4.69) is 16.0 Å². The number of rotatable bonds is 7. The lowest BCUT2D eigenvalue weighted by molar-refractivity contribution is -0.129. The van der Waals surface area contributed by atoms with Crippen LogP contribution in [0.1, 0.15) is 63.4 Å². The third-order valence-corrected chi connectivity index (χ3v) is 8.10. The molecule has 9 heteroatoms. The molecule has 1 heterocycles. The Morgan fingerprint density at radius 3 is 2.76 bits per heavy atom. The summed E-state index contributed by atoms with van der Waals surface area (Å²) >= 11 is 7.68. The maximum Gasteiger partial charge on any atom is 0.226 e. The number of ether oxygens (including phenoxy) is 1. The number of carbonyl (C=O) groups is 2. The van der Waals surface area contributed by atoms with Crippen LogP contribution in [0, 0.1) is 17.2 Å². The number of fused-ring (bicyclic) bond motifs is 1. The molecule has 0 bridgehead atoms. The van der Waals surface area contributed by atoms with Gasteiger partial charge in [-0.2, -0.15) is 5.26 Å². The molecule has 3 fully saturated rings. The summed E-state index contributed by atoms with van der Waals surface area (Å²) in [6, 6.07) is 7.61. The highest BCUT2D eigenvalue weighted by molar-refractivity contribution is 7.99. The van der Waals surface area contributed by atoms with Crippen LogP contribution < -0.4 is 20.7 Å². The predicted molar refractivity (Wildman–Crippen MR) is 129 cm³/mol. The number of hydrogen-bond acceptors (Lipinski definition) is 6. The van der Waals surface area contributed by atoms with Crippen molar-refractivity contribution in [2.45, 2.75) is 81.5 Å². The van der Waals surface area contributed by atoms with Gasteiger partial charge in [-0.1, -0.05) is 24.4 Å². The van der Waals surface area contributed by atoms with Crippen LogP contribution in [0.5, 0.6) is 5.75 Å². The standard InChI is InChI=1S/C24H31ClN4O3S/c25-20-13-18(8-5-15(20)14-26)32-17-9-6-16(7-10-17)27-22(30)11-12-33-24-28-21-4-2-1-3-19(21)23(31)29-24/h5,8,13,16-17,19,21,24,28H,1-4,6-7,9-12H2,(H,27,30)(H,29,31).